The normalized spacial score (nSPS) is 11.2. The second-order valence-corrected chi connectivity index (χ2v) is 5.19. The first-order chi connectivity index (χ1) is 11.2. The minimum Gasteiger partial charge on any atom is -0.497 e. The summed E-state index contributed by atoms with van der Waals surface area (Å²) in [5, 5.41) is 10.9. The van der Waals surface area contributed by atoms with Crippen molar-refractivity contribution < 1.29 is 14.6 Å². The number of aromatic carboxylic acids is 1. The van der Waals surface area contributed by atoms with E-state index < -0.39 is 5.97 Å². The first kappa shape index (κ1) is 13.4. The number of hydrogen-bond donors (Lipinski definition) is 2. The third-order valence-electron chi connectivity index (χ3n) is 3.91. The molecule has 114 valence electrons. The fourth-order valence-electron chi connectivity index (χ4n) is 2.79. The summed E-state index contributed by atoms with van der Waals surface area (Å²) in [7, 11) is 1.63. The van der Waals surface area contributed by atoms with Gasteiger partial charge < -0.3 is 19.4 Å². The number of pyridine rings is 1. The monoisotopic (exact) mass is 307 g/mol. The van der Waals surface area contributed by atoms with Gasteiger partial charge in [0.25, 0.3) is 0 Å². The molecule has 0 spiro atoms. The molecule has 0 aliphatic rings. The number of nitrogens with one attached hydrogen (secondary N) is 1. The van der Waals surface area contributed by atoms with E-state index in [1.165, 1.54) is 12.3 Å². The highest BCUT2D eigenvalue weighted by atomic mass is 16.5. The number of carboxylic acids is 1. The molecular weight excluding hydrogens is 294 g/mol. The number of benzene rings is 1. The molecule has 3 heterocycles. The summed E-state index contributed by atoms with van der Waals surface area (Å²) in [5.41, 5.74) is 1.78. The Morgan fingerprint density at radius 1 is 1.26 bits per heavy atom. The average molecular weight is 307 g/mol. The highest BCUT2D eigenvalue weighted by molar-refractivity contribution is 6.02. The number of carbonyl (C=O) groups is 1. The predicted octanol–water partition coefficient (Wildman–Crippen LogP) is 3.21. The number of hydrogen-bond acceptors (Lipinski definition) is 3. The molecule has 6 nitrogen and oxygen atoms in total. The van der Waals surface area contributed by atoms with Crippen LogP contribution in [0.25, 0.3) is 27.8 Å². The van der Waals surface area contributed by atoms with Crippen LogP contribution < -0.4 is 4.74 Å². The SMILES string of the molecule is COc1ccc2c(ccn2-c2cc3c(C(=O)O)ccnc3[nH]2)c1. The van der Waals surface area contributed by atoms with Crippen LogP contribution in [0.2, 0.25) is 0 Å². The third-order valence-corrected chi connectivity index (χ3v) is 3.91. The Morgan fingerprint density at radius 3 is 2.91 bits per heavy atom. The van der Waals surface area contributed by atoms with Gasteiger partial charge in [0, 0.05) is 23.2 Å². The van der Waals surface area contributed by atoms with Crippen LogP contribution in [-0.4, -0.2) is 32.7 Å². The summed E-state index contributed by atoms with van der Waals surface area (Å²) >= 11 is 0. The first-order valence-electron chi connectivity index (χ1n) is 7.04. The van der Waals surface area contributed by atoms with E-state index in [4.69, 9.17) is 4.74 Å². The number of methoxy groups -OCH3 is 1. The highest BCUT2D eigenvalue weighted by Gasteiger charge is 2.13. The summed E-state index contributed by atoms with van der Waals surface area (Å²) in [6.07, 6.45) is 3.42. The van der Waals surface area contributed by atoms with E-state index in [0.717, 1.165) is 22.5 Å². The molecule has 0 aliphatic heterocycles. The average Bonchev–Trinajstić information content (AvgIpc) is 3.16. The topological polar surface area (TPSA) is 80.1 Å². The lowest BCUT2D eigenvalue weighted by Crippen LogP contribution is -1.96. The van der Waals surface area contributed by atoms with Crippen LogP contribution in [0, 0.1) is 0 Å². The maximum absolute atomic E-state index is 11.3. The Balaban J connectivity index is 1.92. The molecule has 4 rings (SSSR count). The van der Waals surface area contributed by atoms with Crippen LogP contribution in [0.15, 0.2) is 48.8 Å². The molecule has 6 heteroatoms. The molecule has 0 radical (unpaired) electrons. The van der Waals surface area contributed by atoms with Crippen molar-refractivity contribution in [2.75, 3.05) is 7.11 Å². The summed E-state index contributed by atoms with van der Waals surface area (Å²) in [5.74, 6) is 0.591. The molecule has 0 unspecified atom stereocenters. The zero-order chi connectivity index (χ0) is 16.0. The van der Waals surface area contributed by atoms with Crippen LogP contribution in [0.3, 0.4) is 0 Å². The molecule has 0 saturated heterocycles. The maximum Gasteiger partial charge on any atom is 0.336 e. The Kier molecular flexibility index (Phi) is 2.84. The van der Waals surface area contributed by atoms with E-state index in [-0.39, 0.29) is 5.56 Å². The molecule has 0 aliphatic carbocycles. The van der Waals surface area contributed by atoms with Gasteiger partial charge in [-0.05, 0) is 36.4 Å². The molecule has 0 amide bonds. The molecule has 0 fully saturated rings. The second kappa shape index (κ2) is 4.88. The van der Waals surface area contributed by atoms with Crippen LogP contribution in [-0.2, 0) is 0 Å². The van der Waals surface area contributed by atoms with E-state index in [2.05, 4.69) is 9.97 Å². The van der Waals surface area contributed by atoms with Crippen molar-refractivity contribution in [3.63, 3.8) is 0 Å². The van der Waals surface area contributed by atoms with Gasteiger partial charge in [0.05, 0.1) is 18.2 Å². The van der Waals surface area contributed by atoms with Crippen molar-refractivity contribution in [3.05, 3.63) is 54.4 Å². The lowest BCUT2D eigenvalue weighted by atomic mass is 10.2. The molecule has 23 heavy (non-hydrogen) atoms. The summed E-state index contributed by atoms with van der Waals surface area (Å²) in [4.78, 5) is 18.7. The summed E-state index contributed by atoms with van der Waals surface area (Å²) in [6.45, 7) is 0. The molecular formula is C17H13N3O3. The molecule has 0 bridgehead atoms. The van der Waals surface area contributed by atoms with Gasteiger partial charge in [-0.2, -0.15) is 0 Å². The summed E-state index contributed by atoms with van der Waals surface area (Å²) < 4.78 is 7.20. The van der Waals surface area contributed by atoms with E-state index in [9.17, 15) is 9.90 Å². The van der Waals surface area contributed by atoms with Crippen molar-refractivity contribution in [2.24, 2.45) is 0 Å². The van der Waals surface area contributed by atoms with Crippen LogP contribution in [0.4, 0.5) is 0 Å². The number of carboxylic acid groups (broad SMARTS) is 1. The van der Waals surface area contributed by atoms with Gasteiger partial charge in [-0.1, -0.05) is 0 Å². The van der Waals surface area contributed by atoms with Crippen LogP contribution in [0.5, 0.6) is 5.75 Å². The number of rotatable bonds is 3. The largest absolute Gasteiger partial charge is 0.497 e. The molecule has 2 N–H and O–H groups in total. The Labute approximate surface area is 130 Å². The smallest absolute Gasteiger partial charge is 0.336 e. The number of ether oxygens (including phenoxy) is 1. The van der Waals surface area contributed by atoms with Gasteiger partial charge in [0.15, 0.2) is 0 Å². The van der Waals surface area contributed by atoms with Crippen molar-refractivity contribution in [2.45, 2.75) is 0 Å². The van der Waals surface area contributed by atoms with Gasteiger partial charge in [0.2, 0.25) is 0 Å². The zero-order valence-corrected chi connectivity index (χ0v) is 12.3. The fraction of sp³-hybridized carbons (Fsp3) is 0.0588. The standard InChI is InChI=1S/C17H13N3O3/c1-23-11-2-3-14-10(8-11)5-7-20(14)15-9-13-12(17(21)22)4-6-18-16(13)19-15/h2-9H,1H3,(H,18,19)(H,21,22). The van der Waals surface area contributed by atoms with E-state index in [0.29, 0.717) is 11.0 Å². The molecule has 3 aromatic heterocycles. The van der Waals surface area contributed by atoms with Crippen molar-refractivity contribution in [1.82, 2.24) is 14.5 Å². The van der Waals surface area contributed by atoms with Crippen molar-refractivity contribution in [1.29, 1.82) is 0 Å². The number of aromatic amines is 1. The zero-order valence-electron chi connectivity index (χ0n) is 12.3. The lowest BCUT2D eigenvalue weighted by molar-refractivity contribution is 0.0699. The van der Waals surface area contributed by atoms with E-state index in [1.807, 2.05) is 35.0 Å². The van der Waals surface area contributed by atoms with Crippen molar-refractivity contribution in [3.8, 4) is 11.6 Å². The number of nitrogens with zero attached hydrogens (tertiary/aromatic N) is 2. The minimum absolute atomic E-state index is 0.232. The maximum atomic E-state index is 11.3. The number of fused-ring (bicyclic) bond motifs is 2. The third kappa shape index (κ3) is 2.03. The Hall–Kier alpha value is -3.28. The molecule has 1 aromatic carbocycles. The lowest BCUT2D eigenvalue weighted by Gasteiger charge is -2.03. The molecule has 4 aromatic rings. The Bertz CT molecular complexity index is 1050. The van der Waals surface area contributed by atoms with Gasteiger partial charge in [-0.15, -0.1) is 0 Å². The molecule has 0 saturated carbocycles. The predicted molar refractivity (Wildman–Crippen MR) is 86.4 cm³/mol. The van der Waals surface area contributed by atoms with Crippen molar-refractivity contribution >= 4 is 27.9 Å². The van der Waals surface area contributed by atoms with E-state index in [1.54, 1.807) is 13.2 Å². The minimum atomic E-state index is -0.968. The van der Waals surface area contributed by atoms with Gasteiger partial charge >= 0.3 is 5.97 Å². The quantitative estimate of drug-likeness (QED) is 0.609. The highest BCUT2D eigenvalue weighted by Crippen LogP contribution is 2.26. The number of H-pyrrole nitrogens is 1. The van der Waals surface area contributed by atoms with Gasteiger partial charge in [-0.3, -0.25) is 0 Å². The number of aromatic nitrogens is 3. The van der Waals surface area contributed by atoms with Crippen LogP contribution >= 0.6 is 0 Å². The second-order valence-electron chi connectivity index (χ2n) is 5.19. The van der Waals surface area contributed by atoms with Crippen LogP contribution in [0.1, 0.15) is 10.4 Å². The van der Waals surface area contributed by atoms with E-state index >= 15 is 0 Å². The Morgan fingerprint density at radius 2 is 2.13 bits per heavy atom. The van der Waals surface area contributed by atoms with Gasteiger partial charge in [0.1, 0.15) is 17.2 Å². The van der Waals surface area contributed by atoms with Gasteiger partial charge in [-0.25, -0.2) is 9.78 Å². The first-order valence-corrected chi connectivity index (χ1v) is 7.04. The molecule has 0 atom stereocenters. The fourth-order valence-corrected chi connectivity index (χ4v) is 2.79. The summed E-state index contributed by atoms with van der Waals surface area (Å²) in [6, 6.07) is 11.1.